The zero-order valence-electron chi connectivity index (χ0n) is 25.9. The van der Waals surface area contributed by atoms with Gasteiger partial charge in [0.2, 0.25) is 5.96 Å². The Balaban J connectivity index is 0.000000838. The number of alkyl halides is 3. The second kappa shape index (κ2) is 18.4. The predicted molar refractivity (Wildman–Crippen MR) is 172 cm³/mol. The number of rotatable bonds is 10. The van der Waals surface area contributed by atoms with E-state index >= 15 is 0 Å². The Kier molecular flexibility index (Phi) is 14.1. The van der Waals surface area contributed by atoms with Crippen LogP contribution in [0.2, 0.25) is 0 Å². The third-order valence-electron chi connectivity index (χ3n) is 6.52. The number of fused-ring (bicyclic) bond motifs is 1. The van der Waals surface area contributed by atoms with Gasteiger partial charge in [0.1, 0.15) is 25.0 Å². The number of halogens is 3. The van der Waals surface area contributed by atoms with E-state index < -0.39 is 42.3 Å². The van der Waals surface area contributed by atoms with E-state index in [0.29, 0.717) is 5.75 Å². The van der Waals surface area contributed by atoms with E-state index in [1.165, 1.54) is 0 Å². The molecule has 4 rings (SSSR count). The number of hydrogen-bond acceptors (Lipinski definition) is 8. The molecule has 0 bridgehead atoms. The van der Waals surface area contributed by atoms with Gasteiger partial charge in [0, 0.05) is 11.9 Å². The van der Waals surface area contributed by atoms with Gasteiger partial charge in [0.05, 0.1) is 0 Å². The molecule has 0 radical (unpaired) electrons. The monoisotopic (exact) mass is 682 g/mol. The molecule has 4 aromatic rings. The molecule has 0 aromatic heterocycles. The smallest absolute Gasteiger partial charge is 0.475 e. The van der Waals surface area contributed by atoms with Gasteiger partial charge in [-0.05, 0) is 35.4 Å². The number of aliphatic imine (C=N–C) groups is 1. The molecule has 0 heterocycles. The van der Waals surface area contributed by atoms with Crippen molar-refractivity contribution in [2.75, 3.05) is 6.54 Å². The van der Waals surface area contributed by atoms with Crippen molar-refractivity contribution in [2.45, 2.75) is 38.3 Å². The molecule has 2 amide bonds. The Hall–Kier alpha value is -5.96. The van der Waals surface area contributed by atoms with Crippen molar-refractivity contribution in [1.82, 2.24) is 4.90 Å². The van der Waals surface area contributed by atoms with E-state index in [4.69, 9.17) is 35.6 Å². The van der Waals surface area contributed by atoms with Gasteiger partial charge in [-0.3, -0.25) is 0 Å². The summed E-state index contributed by atoms with van der Waals surface area (Å²) in [7, 11) is 0. The Morgan fingerprint density at radius 3 is 1.92 bits per heavy atom. The normalized spacial score (nSPS) is 11.8. The van der Waals surface area contributed by atoms with Gasteiger partial charge >= 0.3 is 30.3 Å². The number of hydrogen-bond donors (Lipinski definition) is 3. The van der Waals surface area contributed by atoms with Crippen LogP contribution in [-0.2, 0) is 32.3 Å². The Labute approximate surface area is 278 Å². The average molecular weight is 683 g/mol. The fraction of sp³-hybridized carbons (Fsp3) is 0.206. The molecule has 0 spiro atoms. The molecular weight excluding hydrogens is 649 g/mol. The SMILES string of the molecule is NC(=NC(=O)OCc1ccccc1)N(CCC[C@H](N)C(=O)Oc1cccc2ccccc12)C(=O)OCc1ccccc1.O=C(O)C(F)(F)F. The van der Waals surface area contributed by atoms with E-state index in [-0.39, 0.29) is 32.6 Å². The van der Waals surface area contributed by atoms with Crippen LogP contribution in [0.1, 0.15) is 24.0 Å². The van der Waals surface area contributed by atoms with Gasteiger partial charge in [0.15, 0.2) is 0 Å². The van der Waals surface area contributed by atoms with Crippen molar-refractivity contribution in [3.63, 3.8) is 0 Å². The molecule has 5 N–H and O–H groups in total. The number of nitrogens with two attached hydrogens (primary N) is 2. The molecule has 0 aliphatic carbocycles. The molecule has 1 atom stereocenters. The molecule has 0 unspecified atom stereocenters. The maximum Gasteiger partial charge on any atom is 0.490 e. The molecule has 4 aromatic carbocycles. The Morgan fingerprint density at radius 1 is 0.796 bits per heavy atom. The first-order valence-electron chi connectivity index (χ1n) is 14.6. The standard InChI is InChI=1S/C32H32N4O6.C2HF3O2/c33-27(29(37)42-28-19-9-16-25-15-7-8-17-26(25)28)18-10-20-36(32(39)41-22-24-13-5-2-6-14-24)30(34)35-31(38)40-21-23-11-3-1-4-12-23;3-2(4,5)1(6)7/h1-9,11-17,19,27H,10,18,20-22,33H2,(H2,34,35,38);(H,6,7)/t27-;/m0./s1. The lowest BCUT2D eigenvalue weighted by atomic mass is 10.1. The Morgan fingerprint density at radius 2 is 1.33 bits per heavy atom. The summed E-state index contributed by atoms with van der Waals surface area (Å²) < 4.78 is 47.9. The summed E-state index contributed by atoms with van der Waals surface area (Å²) in [4.78, 5) is 51.6. The zero-order chi connectivity index (χ0) is 35.8. The third-order valence-corrected chi connectivity index (χ3v) is 6.52. The first-order chi connectivity index (χ1) is 23.3. The van der Waals surface area contributed by atoms with Gasteiger partial charge in [-0.15, -0.1) is 4.99 Å². The minimum Gasteiger partial charge on any atom is -0.475 e. The van der Waals surface area contributed by atoms with Gasteiger partial charge in [-0.1, -0.05) is 97.1 Å². The maximum absolute atomic E-state index is 13.0. The number of guanidine groups is 1. The number of aliphatic carboxylic acids is 1. The topological polar surface area (TPSA) is 184 Å². The largest absolute Gasteiger partial charge is 0.490 e. The summed E-state index contributed by atoms with van der Waals surface area (Å²) in [6, 6.07) is 30.1. The highest BCUT2D eigenvalue weighted by Crippen LogP contribution is 2.25. The third kappa shape index (κ3) is 12.6. The van der Waals surface area contributed by atoms with Crippen LogP contribution in [0.25, 0.3) is 10.8 Å². The van der Waals surface area contributed by atoms with E-state index in [1.54, 1.807) is 36.4 Å². The average Bonchev–Trinajstić information content (AvgIpc) is 3.09. The van der Waals surface area contributed by atoms with Crippen LogP contribution >= 0.6 is 0 Å². The number of benzene rings is 4. The predicted octanol–water partition coefficient (Wildman–Crippen LogP) is 5.78. The molecular formula is C34H33F3N4O8. The number of nitrogens with zero attached hydrogens (tertiary/aromatic N) is 2. The summed E-state index contributed by atoms with van der Waals surface area (Å²) in [5.74, 6) is -3.37. The van der Waals surface area contributed by atoms with E-state index in [9.17, 15) is 27.6 Å². The first-order valence-corrected chi connectivity index (χ1v) is 14.6. The number of carboxylic acid groups (broad SMARTS) is 1. The van der Waals surface area contributed by atoms with Crippen LogP contribution in [0.4, 0.5) is 22.8 Å². The number of carbonyl (C=O) groups excluding carboxylic acids is 3. The van der Waals surface area contributed by atoms with Gasteiger partial charge in [-0.2, -0.15) is 13.2 Å². The lowest BCUT2D eigenvalue weighted by Gasteiger charge is -2.21. The van der Waals surface area contributed by atoms with Crippen LogP contribution in [0, 0.1) is 0 Å². The van der Waals surface area contributed by atoms with Crippen LogP contribution < -0.4 is 16.2 Å². The van der Waals surface area contributed by atoms with Crippen molar-refractivity contribution in [2.24, 2.45) is 16.5 Å². The molecule has 0 aliphatic heterocycles. The fourth-order valence-electron chi connectivity index (χ4n) is 4.06. The molecule has 12 nitrogen and oxygen atoms in total. The van der Waals surface area contributed by atoms with Gasteiger partial charge in [0.25, 0.3) is 0 Å². The Bertz CT molecular complexity index is 1730. The molecule has 0 aliphatic rings. The van der Waals surface area contributed by atoms with E-state index in [2.05, 4.69) is 4.99 Å². The number of ether oxygens (including phenoxy) is 3. The minimum absolute atomic E-state index is 0.0113. The number of amides is 2. The highest BCUT2D eigenvalue weighted by molar-refractivity contribution is 5.98. The van der Waals surface area contributed by atoms with Crippen LogP contribution in [-0.4, -0.2) is 58.9 Å². The number of esters is 1. The number of carbonyl (C=O) groups is 4. The highest BCUT2D eigenvalue weighted by Gasteiger charge is 2.38. The zero-order valence-corrected chi connectivity index (χ0v) is 25.9. The summed E-state index contributed by atoms with van der Waals surface area (Å²) in [5, 5.41) is 8.84. The minimum atomic E-state index is -5.08. The van der Waals surface area contributed by atoms with Crippen molar-refractivity contribution < 1.29 is 51.7 Å². The summed E-state index contributed by atoms with van der Waals surface area (Å²) in [6.45, 7) is -0.0501. The lowest BCUT2D eigenvalue weighted by molar-refractivity contribution is -0.192. The quantitative estimate of drug-likeness (QED) is 0.0802. The molecule has 0 saturated heterocycles. The second-order valence-electron chi connectivity index (χ2n) is 10.2. The molecule has 15 heteroatoms. The second-order valence-corrected chi connectivity index (χ2v) is 10.2. The van der Waals surface area contributed by atoms with E-state index in [1.807, 2.05) is 66.7 Å². The lowest BCUT2D eigenvalue weighted by Crippen LogP contribution is -2.44. The molecule has 49 heavy (non-hydrogen) atoms. The van der Waals surface area contributed by atoms with Gasteiger partial charge in [-0.25, -0.2) is 24.1 Å². The molecule has 0 fully saturated rings. The summed E-state index contributed by atoms with van der Waals surface area (Å²) in [6.07, 6.45) is -6.46. The van der Waals surface area contributed by atoms with Crippen molar-refractivity contribution in [3.8, 4) is 5.75 Å². The summed E-state index contributed by atoms with van der Waals surface area (Å²) >= 11 is 0. The first kappa shape index (κ1) is 37.5. The van der Waals surface area contributed by atoms with Gasteiger partial charge < -0.3 is 30.8 Å². The van der Waals surface area contributed by atoms with Crippen LogP contribution in [0.5, 0.6) is 5.75 Å². The molecule has 0 saturated carbocycles. The summed E-state index contributed by atoms with van der Waals surface area (Å²) in [5.41, 5.74) is 13.7. The van der Waals surface area contributed by atoms with Crippen molar-refractivity contribution in [1.29, 1.82) is 0 Å². The van der Waals surface area contributed by atoms with Crippen LogP contribution in [0.3, 0.4) is 0 Å². The number of carboxylic acids is 1. The highest BCUT2D eigenvalue weighted by atomic mass is 19.4. The van der Waals surface area contributed by atoms with Crippen molar-refractivity contribution >= 4 is 40.9 Å². The maximum atomic E-state index is 13.0. The van der Waals surface area contributed by atoms with Crippen molar-refractivity contribution in [3.05, 3.63) is 114 Å². The fourth-order valence-corrected chi connectivity index (χ4v) is 4.06. The van der Waals surface area contributed by atoms with E-state index in [0.717, 1.165) is 26.8 Å². The van der Waals surface area contributed by atoms with Crippen LogP contribution in [0.15, 0.2) is 108 Å². The molecule has 258 valence electrons.